The van der Waals surface area contributed by atoms with Gasteiger partial charge < -0.3 is 17.8 Å². The molecule has 0 fully saturated rings. The van der Waals surface area contributed by atoms with Crippen LogP contribution in [0.2, 0.25) is 0 Å². The molecule has 6 nitrogen and oxygen atoms in total. The number of nitrogens with zero attached hydrogens (tertiary/aromatic N) is 3. The average molecular weight is 668 g/mol. The van der Waals surface area contributed by atoms with Crippen LogP contribution in [-0.2, 0) is 0 Å². The Morgan fingerprint density at radius 3 is 1.73 bits per heavy atom. The monoisotopic (exact) mass is 667 g/mol. The zero-order valence-corrected chi connectivity index (χ0v) is 27.5. The summed E-state index contributed by atoms with van der Waals surface area (Å²) in [5.74, 6) is 0.584. The number of hydrogen-bond acceptors (Lipinski definition) is 5. The summed E-state index contributed by atoms with van der Waals surface area (Å²) in [6.45, 7) is 0. The second-order valence-electron chi connectivity index (χ2n) is 13.3. The molecule has 7 aromatic carbocycles. The third-order valence-corrected chi connectivity index (χ3v) is 10.4. The molecule has 0 amide bonds. The fourth-order valence-corrected chi connectivity index (χ4v) is 8.06. The van der Waals surface area contributed by atoms with E-state index in [1.807, 2.05) is 48.5 Å². The molecule has 12 aromatic rings. The Kier molecular flexibility index (Phi) is 5.41. The summed E-state index contributed by atoms with van der Waals surface area (Å²) < 4.78 is 21.9. The largest absolute Gasteiger partial charge is 0.456 e. The molecule has 6 heteroatoms. The molecule has 0 atom stereocenters. The molecule has 5 aromatic heterocycles. The van der Waals surface area contributed by atoms with Crippen LogP contribution in [0.4, 0.5) is 0 Å². The minimum Gasteiger partial charge on any atom is -0.456 e. The number of fused-ring (bicyclic) bond motifs is 13. The molecular weight excluding hydrogens is 643 g/mol. The van der Waals surface area contributed by atoms with Crippen molar-refractivity contribution in [1.29, 1.82) is 0 Å². The van der Waals surface area contributed by atoms with Crippen LogP contribution in [-0.4, -0.2) is 14.5 Å². The van der Waals surface area contributed by atoms with Gasteiger partial charge in [0.15, 0.2) is 17.0 Å². The van der Waals surface area contributed by atoms with Crippen molar-refractivity contribution in [2.24, 2.45) is 0 Å². The summed E-state index contributed by atoms with van der Waals surface area (Å²) in [5.41, 5.74) is 11.0. The average Bonchev–Trinajstić information content (AvgIpc) is 3.96. The van der Waals surface area contributed by atoms with Crippen molar-refractivity contribution in [2.75, 3.05) is 0 Å². The molecule has 0 aliphatic heterocycles. The molecule has 0 N–H and O–H groups in total. The quantitative estimate of drug-likeness (QED) is 0.188. The molecule has 0 saturated carbocycles. The number of rotatable bonds is 3. The summed E-state index contributed by atoms with van der Waals surface area (Å²) in [6.07, 6.45) is 0. The maximum absolute atomic E-state index is 7.02. The molecule has 0 bridgehead atoms. The van der Waals surface area contributed by atoms with Crippen molar-refractivity contribution in [3.8, 4) is 28.3 Å². The van der Waals surface area contributed by atoms with Gasteiger partial charge in [0.25, 0.3) is 0 Å². The lowest BCUT2D eigenvalue weighted by molar-refractivity contribution is 0.667. The lowest BCUT2D eigenvalue weighted by atomic mass is 10.1. The fourth-order valence-electron chi connectivity index (χ4n) is 8.06. The first-order chi connectivity index (χ1) is 25.8. The van der Waals surface area contributed by atoms with E-state index >= 15 is 0 Å². The first kappa shape index (κ1) is 27.6. The first-order valence-electron chi connectivity index (χ1n) is 17.3. The summed E-state index contributed by atoms with van der Waals surface area (Å²) >= 11 is 0. The maximum Gasteiger partial charge on any atom is 0.180 e. The smallest absolute Gasteiger partial charge is 0.180 e. The third-order valence-electron chi connectivity index (χ3n) is 10.4. The highest BCUT2D eigenvalue weighted by atomic mass is 16.3. The Morgan fingerprint density at radius 2 is 0.981 bits per heavy atom. The fraction of sp³-hybridized carbons (Fsp3) is 0. The van der Waals surface area contributed by atoms with Crippen molar-refractivity contribution in [1.82, 2.24) is 14.5 Å². The SMILES string of the molecule is c1ccc(-n2c3ccccc3c3ccc4c5nc(-c6ccc7c(c6)oc6ccccc67)nc(-c6ccc7c(c6)oc6ccccc67)c5oc4c32)cc1. The van der Waals surface area contributed by atoms with E-state index in [9.17, 15) is 0 Å². The van der Waals surface area contributed by atoms with Gasteiger partial charge in [-0.1, -0.05) is 91.0 Å². The van der Waals surface area contributed by atoms with Gasteiger partial charge in [-0.15, -0.1) is 0 Å². The van der Waals surface area contributed by atoms with Gasteiger partial charge in [-0.3, -0.25) is 0 Å². The normalized spacial score (nSPS) is 12.2. The Hall–Kier alpha value is -7.18. The van der Waals surface area contributed by atoms with Crippen molar-refractivity contribution in [2.45, 2.75) is 0 Å². The second kappa shape index (κ2) is 10.2. The topological polar surface area (TPSA) is 70.1 Å². The predicted molar refractivity (Wildman–Crippen MR) is 209 cm³/mol. The molecule has 0 saturated heterocycles. The lowest BCUT2D eigenvalue weighted by Gasteiger charge is -2.07. The third kappa shape index (κ3) is 3.78. The Morgan fingerprint density at radius 1 is 0.404 bits per heavy atom. The molecule has 0 aliphatic carbocycles. The van der Waals surface area contributed by atoms with Crippen LogP contribution in [0.1, 0.15) is 0 Å². The van der Waals surface area contributed by atoms with E-state index in [0.717, 1.165) is 99.0 Å². The van der Waals surface area contributed by atoms with Gasteiger partial charge in [0.05, 0.1) is 11.0 Å². The Labute approximate surface area is 294 Å². The van der Waals surface area contributed by atoms with Crippen LogP contribution < -0.4 is 0 Å². The van der Waals surface area contributed by atoms with Gasteiger partial charge in [0.2, 0.25) is 0 Å². The van der Waals surface area contributed by atoms with Crippen LogP contribution in [0.3, 0.4) is 0 Å². The highest BCUT2D eigenvalue weighted by Crippen LogP contribution is 2.43. The minimum absolute atomic E-state index is 0.584. The van der Waals surface area contributed by atoms with Crippen molar-refractivity contribution >= 4 is 87.8 Å². The van der Waals surface area contributed by atoms with Gasteiger partial charge in [-0.25, -0.2) is 9.97 Å². The summed E-state index contributed by atoms with van der Waals surface area (Å²) in [5, 5.41) is 7.46. The number of furan rings is 3. The molecule has 0 aliphatic rings. The van der Waals surface area contributed by atoms with Crippen LogP contribution in [0, 0.1) is 0 Å². The zero-order chi connectivity index (χ0) is 33.9. The van der Waals surface area contributed by atoms with E-state index in [1.54, 1.807) is 0 Å². The number of hydrogen-bond donors (Lipinski definition) is 0. The van der Waals surface area contributed by atoms with E-state index in [2.05, 4.69) is 108 Å². The van der Waals surface area contributed by atoms with Gasteiger partial charge in [0.1, 0.15) is 33.5 Å². The van der Waals surface area contributed by atoms with Gasteiger partial charge in [0, 0.05) is 54.5 Å². The van der Waals surface area contributed by atoms with Gasteiger partial charge in [-0.05, 0) is 60.7 Å². The van der Waals surface area contributed by atoms with Crippen LogP contribution in [0.5, 0.6) is 0 Å². The van der Waals surface area contributed by atoms with Crippen molar-refractivity contribution in [3.05, 3.63) is 152 Å². The number of aromatic nitrogens is 3. The molecule has 5 heterocycles. The molecular formula is C46H25N3O3. The van der Waals surface area contributed by atoms with Crippen LogP contribution in [0.15, 0.2) is 165 Å². The van der Waals surface area contributed by atoms with Crippen LogP contribution >= 0.6 is 0 Å². The van der Waals surface area contributed by atoms with E-state index in [0.29, 0.717) is 17.1 Å². The van der Waals surface area contributed by atoms with E-state index in [-0.39, 0.29) is 0 Å². The summed E-state index contributed by atoms with van der Waals surface area (Å²) in [7, 11) is 0. The van der Waals surface area contributed by atoms with E-state index < -0.39 is 0 Å². The molecule has 0 spiro atoms. The molecule has 0 unspecified atom stereocenters. The molecule has 242 valence electrons. The maximum atomic E-state index is 7.02. The second-order valence-corrected chi connectivity index (χ2v) is 13.3. The van der Waals surface area contributed by atoms with E-state index in [1.165, 1.54) is 0 Å². The first-order valence-corrected chi connectivity index (χ1v) is 17.3. The molecule has 12 rings (SSSR count). The highest BCUT2D eigenvalue weighted by molar-refractivity contribution is 6.22. The van der Waals surface area contributed by atoms with Crippen molar-refractivity contribution < 1.29 is 13.3 Å². The van der Waals surface area contributed by atoms with Crippen molar-refractivity contribution in [3.63, 3.8) is 0 Å². The minimum atomic E-state index is 0.584. The summed E-state index contributed by atoms with van der Waals surface area (Å²) in [6, 6.07) is 52.0. The van der Waals surface area contributed by atoms with Crippen LogP contribution in [0.25, 0.3) is 116 Å². The molecule has 0 radical (unpaired) electrons. The summed E-state index contributed by atoms with van der Waals surface area (Å²) in [4.78, 5) is 10.5. The Bertz CT molecular complexity index is 3420. The standard InChI is InChI=1S/C46H25N3O3/c1-2-10-28(11-3-1)49-36-15-7-4-12-29(36)34-22-23-35-42-45(52-44(35)43(34)49)41(26-18-20-32-30-13-5-8-16-37(30)50-39(32)24-26)47-46(48-42)27-19-21-33-31-14-6-9-17-38(31)51-40(33)25-27/h1-25H. The zero-order valence-electron chi connectivity index (χ0n) is 27.5. The molecule has 52 heavy (non-hydrogen) atoms. The highest BCUT2D eigenvalue weighted by Gasteiger charge is 2.24. The lowest BCUT2D eigenvalue weighted by Crippen LogP contribution is -1.94. The van der Waals surface area contributed by atoms with Gasteiger partial charge in [-0.2, -0.15) is 0 Å². The van der Waals surface area contributed by atoms with Gasteiger partial charge >= 0.3 is 0 Å². The number of para-hydroxylation sites is 4. The van der Waals surface area contributed by atoms with E-state index in [4.69, 9.17) is 23.2 Å². The predicted octanol–water partition coefficient (Wildman–Crippen LogP) is 12.6. The number of benzene rings is 7. The Balaban J connectivity index is 1.18.